The molecule has 1 aliphatic carbocycles. The van der Waals surface area contributed by atoms with Crippen molar-refractivity contribution >= 4 is 22.7 Å². The first-order valence-corrected chi connectivity index (χ1v) is 12.8. The fourth-order valence-corrected chi connectivity index (χ4v) is 5.38. The van der Waals surface area contributed by atoms with Gasteiger partial charge in [-0.25, -0.2) is 8.78 Å². The van der Waals surface area contributed by atoms with Gasteiger partial charge in [-0.1, -0.05) is 5.16 Å². The van der Waals surface area contributed by atoms with E-state index in [9.17, 15) is 13.6 Å². The van der Waals surface area contributed by atoms with Crippen molar-refractivity contribution in [2.24, 2.45) is 5.92 Å². The number of rotatable bonds is 7. The molecule has 0 bridgehead atoms. The lowest BCUT2D eigenvalue weighted by Gasteiger charge is -2.36. The molecule has 8 nitrogen and oxygen atoms in total. The molecule has 0 radical (unpaired) electrons. The van der Waals surface area contributed by atoms with Gasteiger partial charge in [0.25, 0.3) is 0 Å². The molecule has 2 aromatic rings. The first-order chi connectivity index (χ1) is 17.0. The Morgan fingerprint density at radius 3 is 2.49 bits per heavy atom. The van der Waals surface area contributed by atoms with Crippen LogP contribution in [0.5, 0.6) is 0 Å². The van der Waals surface area contributed by atoms with Crippen LogP contribution in [0.15, 0.2) is 16.7 Å². The lowest BCUT2D eigenvalue weighted by atomic mass is 9.84. The minimum atomic E-state index is -0.926. The number of benzene rings is 1. The van der Waals surface area contributed by atoms with Gasteiger partial charge < -0.3 is 24.2 Å². The number of halogens is 2. The smallest absolute Gasteiger partial charge is 0.225 e. The van der Waals surface area contributed by atoms with Gasteiger partial charge in [0, 0.05) is 38.3 Å². The SMILES string of the molecule is O=C(CC1OCCCO1)N[C@H]1CC[C@H](CCN2CCN(c3noc4cc(F)c(F)cc34)CC2)CC1. The van der Waals surface area contributed by atoms with Gasteiger partial charge in [-0.3, -0.25) is 9.69 Å². The van der Waals surface area contributed by atoms with E-state index in [0.29, 0.717) is 30.3 Å². The second-order valence-corrected chi connectivity index (χ2v) is 9.90. The van der Waals surface area contributed by atoms with Crippen molar-refractivity contribution in [3.8, 4) is 0 Å². The first-order valence-electron chi connectivity index (χ1n) is 12.8. The van der Waals surface area contributed by atoms with Crippen molar-refractivity contribution < 1.29 is 27.6 Å². The van der Waals surface area contributed by atoms with Gasteiger partial charge in [-0.15, -0.1) is 0 Å². The van der Waals surface area contributed by atoms with Gasteiger partial charge in [0.1, 0.15) is 0 Å². The van der Waals surface area contributed by atoms with Crippen molar-refractivity contribution in [1.82, 2.24) is 15.4 Å². The minimum absolute atomic E-state index is 0.0194. The minimum Gasteiger partial charge on any atom is -0.354 e. The maximum absolute atomic E-state index is 13.7. The Morgan fingerprint density at radius 1 is 1.03 bits per heavy atom. The van der Waals surface area contributed by atoms with Crippen molar-refractivity contribution in [3.63, 3.8) is 0 Å². The van der Waals surface area contributed by atoms with E-state index in [1.165, 1.54) is 6.07 Å². The number of nitrogens with one attached hydrogen (secondary N) is 1. The molecule has 35 heavy (non-hydrogen) atoms. The molecule has 0 atom stereocenters. The number of carbonyl (C=O) groups excluding carboxylic acids is 1. The summed E-state index contributed by atoms with van der Waals surface area (Å²) in [6.45, 7) is 5.71. The van der Waals surface area contributed by atoms with E-state index in [4.69, 9.17) is 14.0 Å². The summed E-state index contributed by atoms with van der Waals surface area (Å²) in [5, 5.41) is 7.73. The van der Waals surface area contributed by atoms with Crippen LogP contribution in [-0.2, 0) is 14.3 Å². The zero-order chi connectivity index (χ0) is 24.2. The number of carbonyl (C=O) groups is 1. The number of fused-ring (bicyclic) bond motifs is 1. The Balaban J connectivity index is 1.00. The summed E-state index contributed by atoms with van der Waals surface area (Å²) in [5.41, 5.74) is 0.267. The molecule has 1 aromatic carbocycles. The Labute approximate surface area is 203 Å². The summed E-state index contributed by atoms with van der Waals surface area (Å²) in [7, 11) is 0. The highest BCUT2D eigenvalue weighted by atomic mass is 19.2. The van der Waals surface area contributed by atoms with Crippen LogP contribution >= 0.6 is 0 Å². The van der Waals surface area contributed by atoms with E-state index in [0.717, 1.165) is 77.3 Å². The third-order valence-corrected chi connectivity index (χ3v) is 7.48. The van der Waals surface area contributed by atoms with Gasteiger partial charge in [0.15, 0.2) is 29.3 Å². The highest BCUT2D eigenvalue weighted by Crippen LogP contribution is 2.30. The Kier molecular flexibility index (Phi) is 7.79. The maximum atomic E-state index is 13.7. The van der Waals surface area contributed by atoms with Crippen LogP contribution in [0.3, 0.4) is 0 Å². The molecule has 10 heteroatoms. The zero-order valence-electron chi connectivity index (χ0n) is 20.0. The van der Waals surface area contributed by atoms with Gasteiger partial charge in [-0.2, -0.15) is 0 Å². The lowest BCUT2D eigenvalue weighted by Crippen LogP contribution is -2.47. The molecule has 1 aromatic heterocycles. The number of piperazine rings is 1. The number of ether oxygens (including phenoxy) is 2. The van der Waals surface area contributed by atoms with E-state index < -0.39 is 17.9 Å². The van der Waals surface area contributed by atoms with Crippen molar-refractivity contribution in [2.75, 3.05) is 50.8 Å². The summed E-state index contributed by atoms with van der Waals surface area (Å²) >= 11 is 0. The third kappa shape index (κ3) is 6.10. The summed E-state index contributed by atoms with van der Waals surface area (Å²) in [6.07, 6.45) is 6.24. The van der Waals surface area contributed by atoms with Gasteiger partial charge in [0.2, 0.25) is 5.91 Å². The quantitative estimate of drug-likeness (QED) is 0.634. The number of anilines is 1. The van der Waals surface area contributed by atoms with E-state index in [1.807, 2.05) is 0 Å². The van der Waals surface area contributed by atoms with Crippen molar-refractivity contribution in [3.05, 3.63) is 23.8 Å². The number of aromatic nitrogens is 1. The fraction of sp³-hybridized carbons (Fsp3) is 0.680. The predicted molar refractivity (Wildman–Crippen MR) is 126 cm³/mol. The molecule has 0 unspecified atom stereocenters. The summed E-state index contributed by atoms with van der Waals surface area (Å²) in [5.74, 6) is -0.526. The molecule has 1 amide bonds. The monoisotopic (exact) mass is 492 g/mol. The molecule has 2 saturated heterocycles. The summed E-state index contributed by atoms with van der Waals surface area (Å²) < 4.78 is 43.3. The lowest BCUT2D eigenvalue weighted by molar-refractivity contribution is -0.184. The molecule has 1 saturated carbocycles. The van der Waals surface area contributed by atoms with Crippen LogP contribution < -0.4 is 10.2 Å². The standard InChI is InChI=1S/C25H34F2N4O4/c26-20-14-19-22(15-21(20)27)35-29-25(19)31-10-8-30(9-11-31)7-6-17-2-4-18(5-3-17)28-23(32)16-24-33-12-1-13-34-24/h14-15,17-18,24H,1-13,16H2,(H,28,32)/t17-,18-. The number of hydrogen-bond acceptors (Lipinski definition) is 7. The van der Waals surface area contributed by atoms with Crippen LogP contribution in [0, 0.1) is 17.6 Å². The van der Waals surface area contributed by atoms with E-state index in [-0.39, 0.29) is 24.0 Å². The van der Waals surface area contributed by atoms with Crippen molar-refractivity contribution in [2.45, 2.75) is 57.3 Å². The van der Waals surface area contributed by atoms with E-state index in [1.54, 1.807) is 0 Å². The average molecular weight is 493 g/mol. The fourth-order valence-electron chi connectivity index (χ4n) is 5.38. The summed E-state index contributed by atoms with van der Waals surface area (Å²) in [6, 6.07) is 2.47. The zero-order valence-corrected chi connectivity index (χ0v) is 20.0. The topological polar surface area (TPSA) is 80.1 Å². The van der Waals surface area contributed by atoms with E-state index in [2.05, 4.69) is 20.3 Å². The van der Waals surface area contributed by atoms with Gasteiger partial charge in [-0.05, 0) is 57.1 Å². The molecule has 2 aliphatic heterocycles. The van der Waals surface area contributed by atoms with Crippen LogP contribution in [0.2, 0.25) is 0 Å². The normalized spacial score (nSPS) is 24.7. The molecular formula is C25H34F2N4O4. The van der Waals surface area contributed by atoms with Gasteiger partial charge in [0.05, 0.1) is 25.0 Å². The molecule has 3 heterocycles. The first kappa shape index (κ1) is 24.4. The molecule has 3 fully saturated rings. The van der Waals surface area contributed by atoms with Crippen LogP contribution in [0.4, 0.5) is 14.6 Å². The molecule has 192 valence electrons. The third-order valence-electron chi connectivity index (χ3n) is 7.48. The second kappa shape index (κ2) is 11.2. The van der Waals surface area contributed by atoms with Crippen molar-refractivity contribution in [1.29, 1.82) is 0 Å². The largest absolute Gasteiger partial charge is 0.354 e. The Morgan fingerprint density at radius 2 is 1.74 bits per heavy atom. The van der Waals surface area contributed by atoms with E-state index >= 15 is 0 Å². The molecule has 0 spiro atoms. The molecule has 5 rings (SSSR count). The predicted octanol–water partition coefficient (Wildman–Crippen LogP) is 3.45. The number of hydrogen-bond donors (Lipinski definition) is 1. The van der Waals surface area contributed by atoms with Crippen LogP contribution in [0.25, 0.3) is 11.0 Å². The number of amides is 1. The Hall–Kier alpha value is -2.30. The molecule has 3 aliphatic rings. The average Bonchev–Trinajstić information content (AvgIpc) is 3.27. The Bertz CT molecular complexity index is 997. The highest BCUT2D eigenvalue weighted by Gasteiger charge is 2.26. The number of nitrogens with zero attached hydrogens (tertiary/aromatic N) is 3. The summed E-state index contributed by atoms with van der Waals surface area (Å²) in [4.78, 5) is 16.8. The maximum Gasteiger partial charge on any atom is 0.225 e. The van der Waals surface area contributed by atoms with Crippen LogP contribution in [-0.4, -0.2) is 74.2 Å². The molecule has 1 N–H and O–H groups in total. The second-order valence-electron chi connectivity index (χ2n) is 9.90. The van der Waals surface area contributed by atoms with Gasteiger partial charge >= 0.3 is 0 Å². The molecular weight excluding hydrogens is 458 g/mol. The highest BCUT2D eigenvalue weighted by molar-refractivity contribution is 5.88. The van der Waals surface area contributed by atoms with Crippen LogP contribution in [0.1, 0.15) is 44.9 Å².